The SMILES string of the molecule is CCCCN(CCCC)c1ccc([C@@H](N)CC)nc1. The summed E-state index contributed by atoms with van der Waals surface area (Å²) in [5.41, 5.74) is 8.23. The van der Waals surface area contributed by atoms with E-state index in [0.717, 1.165) is 25.2 Å². The number of pyridine rings is 1. The lowest BCUT2D eigenvalue weighted by molar-refractivity contribution is 0.665. The Bertz CT molecular complexity index is 326. The Morgan fingerprint density at radius 2 is 1.74 bits per heavy atom. The molecule has 1 rings (SSSR count). The lowest BCUT2D eigenvalue weighted by atomic mass is 10.1. The van der Waals surface area contributed by atoms with Crippen LogP contribution in [0.4, 0.5) is 5.69 Å². The van der Waals surface area contributed by atoms with Gasteiger partial charge in [-0.1, -0.05) is 33.6 Å². The molecule has 0 radical (unpaired) electrons. The molecule has 3 nitrogen and oxygen atoms in total. The van der Waals surface area contributed by atoms with Crippen LogP contribution in [0, 0.1) is 0 Å². The molecular weight excluding hydrogens is 234 g/mol. The molecule has 0 aliphatic carbocycles. The maximum atomic E-state index is 6.00. The van der Waals surface area contributed by atoms with Gasteiger partial charge in [0.2, 0.25) is 0 Å². The molecule has 3 heteroatoms. The second kappa shape index (κ2) is 8.92. The highest BCUT2D eigenvalue weighted by molar-refractivity contribution is 5.44. The van der Waals surface area contributed by atoms with Gasteiger partial charge in [0, 0.05) is 19.1 Å². The largest absolute Gasteiger partial charge is 0.370 e. The van der Waals surface area contributed by atoms with E-state index in [9.17, 15) is 0 Å². The van der Waals surface area contributed by atoms with Gasteiger partial charge >= 0.3 is 0 Å². The van der Waals surface area contributed by atoms with Crippen LogP contribution in [-0.4, -0.2) is 18.1 Å². The summed E-state index contributed by atoms with van der Waals surface area (Å²) in [5.74, 6) is 0. The van der Waals surface area contributed by atoms with Crippen molar-refractivity contribution in [1.29, 1.82) is 0 Å². The Labute approximate surface area is 118 Å². The molecule has 0 aliphatic rings. The van der Waals surface area contributed by atoms with Crippen molar-refractivity contribution < 1.29 is 0 Å². The minimum atomic E-state index is 0.0637. The monoisotopic (exact) mass is 263 g/mol. The van der Waals surface area contributed by atoms with Crippen molar-refractivity contribution in [3.05, 3.63) is 24.0 Å². The molecule has 1 aromatic rings. The molecule has 1 heterocycles. The van der Waals surface area contributed by atoms with Crippen LogP contribution >= 0.6 is 0 Å². The van der Waals surface area contributed by atoms with E-state index in [-0.39, 0.29) is 6.04 Å². The van der Waals surface area contributed by atoms with Gasteiger partial charge in [-0.3, -0.25) is 4.98 Å². The standard InChI is InChI=1S/C16H29N3/c1-4-7-11-19(12-8-5-2)14-9-10-16(18-13-14)15(17)6-3/h9-10,13,15H,4-8,11-12,17H2,1-3H3/t15-/m0/s1. The summed E-state index contributed by atoms with van der Waals surface area (Å²) in [4.78, 5) is 6.97. The van der Waals surface area contributed by atoms with Crippen LogP contribution in [-0.2, 0) is 0 Å². The van der Waals surface area contributed by atoms with Crippen LogP contribution in [0.5, 0.6) is 0 Å². The summed E-state index contributed by atoms with van der Waals surface area (Å²) in [6.45, 7) is 8.81. The molecule has 19 heavy (non-hydrogen) atoms. The predicted molar refractivity (Wildman–Crippen MR) is 83.5 cm³/mol. The van der Waals surface area contributed by atoms with Crippen LogP contribution in [0.2, 0.25) is 0 Å². The fraction of sp³-hybridized carbons (Fsp3) is 0.688. The summed E-state index contributed by atoms with van der Waals surface area (Å²) in [6, 6.07) is 4.31. The smallest absolute Gasteiger partial charge is 0.0572 e. The van der Waals surface area contributed by atoms with Gasteiger partial charge in [0.25, 0.3) is 0 Å². The van der Waals surface area contributed by atoms with Crippen molar-refractivity contribution in [1.82, 2.24) is 4.98 Å². The van der Waals surface area contributed by atoms with Crippen LogP contribution in [0.15, 0.2) is 18.3 Å². The molecule has 0 aliphatic heterocycles. The lowest BCUT2D eigenvalue weighted by Crippen LogP contribution is -2.25. The van der Waals surface area contributed by atoms with Crippen LogP contribution in [0.3, 0.4) is 0 Å². The summed E-state index contributed by atoms with van der Waals surface area (Å²) in [6.07, 6.45) is 7.85. The molecule has 0 spiro atoms. The maximum absolute atomic E-state index is 6.00. The molecule has 1 aromatic heterocycles. The Morgan fingerprint density at radius 1 is 1.11 bits per heavy atom. The van der Waals surface area contributed by atoms with Crippen LogP contribution in [0.1, 0.15) is 64.6 Å². The van der Waals surface area contributed by atoms with Gasteiger partial charge in [-0.15, -0.1) is 0 Å². The second-order valence-corrected chi connectivity index (χ2v) is 5.15. The van der Waals surface area contributed by atoms with Crippen molar-refractivity contribution in [3.63, 3.8) is 0 Å². The number of hydrogen-bond donors (Lipinski definition) is 1. The van der Waals surface area contributed by atoms with E-state index in [1.165, 1.54) is 31.4 Å². The Kier molecular flexibility index (Phi) is 7.49. The van der Waals surface area contributed by atoms with E-state index in [1.54, 1.807) is 0 Å². The molecular formula is C16H29N3. The van der Waals surface area contributed by atoms with E-state index < -0.39 is 0 Å². The third-order valence-corrected chi connectivity index (χ3v) is 3.52. The average Bonchev–Trinajstić information content (AvgIpc) is 2.47. The Morgan fingerprint density at radius 3 is 2.16 bits per heavy atom. The van der Waals surface area contributed by atoms with Crippen molar-refractivity contribution in [2.45, 2.75) is 58.9 Å². The van der Waals surface area contributed by atoms with E-state index in [4.69, 9.17) is 5.73 Å². The summed E-state index contributed by atoms with van der Waals surface area (Å²) in [7, 11) is 0. The molecule has 0 fully saturated rings. The van der Waals surface area contributed by atoms with E-state index >= 15 is 0 Å². The zero-order chi connectivity index (χ0) is 14.1. The van der Waals surface area contributed by atoms with Crippen molar-refractivity contribution in [2.75, 3.05) is 18.0 Å². The summed E-state index contributed by atoms with van der Waals surface area (Å²) >= 11 is 0. The molecule has 0 bridgehead atoms. The van der Waals surface area contributed by atoms with E-state index in [0.29, 0.717) is 0 Å². The van der Waals surface area contributed by atoms with Gasteiger partial charge < -0.3 is 10.6 Å². The molecule has 0 amide bonds. The minimum absolute atomic E-state index is 0.0637. The number of rotatable bonds is 9. The number of unbranched alkanes of at least 4 members (excludes halogenated alkanes) is 2. The molecule has 0 aromatic carbocycles. The zero-order valence-corrected chi connectivity index (χ0v) is 12.7. The number of nitrogens with zero attached hydrogens (tertiary/aromatic N) is 2. The van der Waals surface area contributed by atoms with Gasteiger partial charge in [-0.25, -0.2) is 0 Å². The van der Waals surface area contributed by atoms with Crippen LogP contribution < -0.4 is 10.6 Å². The fourth-order valence-electron chi connectivity index (χ4n) is 2.08. The quantitative estimate of drug-likeness (QED) is 0.734. The third-order valence-electron chi connectivity index (χ3n) is 3.52. The van der Waals surface area contributed by atoms with E-state index in [2.05, 4.69) is 42.8 Å². The summed E-state index contributed by atoms with van der Waals surface area (Å²) in [5, 5.41) is 0. The number of aromatic nitrogens is 1. The molecule has 0 saturated carbocycles. The van der Waals surface area contributed by atoms with Crippen molar-refractivity contribution in [2.24, 2.45) is 5.73 Å². The first-order valence-electron chi connectivity index (χ1n) is 7.69. The highest BCUT2D eigenvalue weighted by Gasteiger charge is 2.08. The summed E-state index contributed by atoms with van der Waals surface area (Å²) < 4.78 is 0. The minimum Gasteiger partial charge on any atom is -0.370 e. The molecule has 0 unspecified atom stereocenters. The lowest BCUT2D eigenvalue weighted by Gasteiger charge is -2.24. The van der Waals surface area contributed by atoms with Gasteiger partial charge in [0.05, 0.1) is 17.6 Å². The highest BCUT2D eigenvalue weighted by atomic mass is 15.1. The first-order valence-corrected chi connectivity index (χ1v) is 7.69. The predicted octanol–water partition coefficient (Wildman–Crippen LogP) is 3.90. The van der Waals surface area contributed by atoms with E-state index in [1.807, 2.05) is 6.20 Å². The molecule has 0 saturated heterocycles. The van der Waals surface area contributed by atoms with Crippen molar-refractivity contribution in [3.8, 4) is 0 Å². The molecule has 1 atom stereocenters. The maximum Gasteiger partial charge on any atom is 0.0572 e. The number of nitrogens with two attached hydrogens (primary N) is 1. The Hall–Kier alpha value is -1.09. The zero-order valence-electron chi connectivity index (χ0n) is 12.7. The normalized spacial score (nSPS) is 12.4. The number of anilines is 1. The second-order valence-electron chi connectivity index (χ2n) is 5.15. The Balaban J connectivity index is 2.71. The average molecular weight is 263 g/mol. The highest BCUT2D eigenvalue weighted by Crippen LogP contribution is 2.18. The fourth-order valence-corrected chi connectivity index (χ4v) is 2.08. The van der Waals surface area contributed by atoms with Gasteiger partial charge in [0.1, 0.15) is 0 Å². The van der Waals surface area contributed by atoms with Crippen LogP contribution in [0.25, 0.3) is 0 Å². The molecule has 108 valence electrons. The van der Waals surface area contributed by atoms with Gasteiger partial charge in [-0.2, -0.15) is 0 Å². The first kappa shape index (κ1) is 16.0. The topological polar surface area (TPSA) is 42.1 Å². The first-order chi connectivity index (χ1) is 9.22. The molecule has 2 N–H and O–H groups in total. The number of hydrogen-bond acceptors (Lipinski definition) is 3. The van der Waals surface area contributed by atoms with Gasteiger partial charge in [0.15, 0.2) is 0 Å². The van der Waals surface area contributed by atoms with Gasteiger partial charge in [-0.05, 0) is 31.4 Å². The third kappa shape index (κ3) is 5.19. The van der Waals surface area contributed by atoms with Crippen molar-refractivity contribution >= 4 is 5.69 Å².